The Morgan fingerprint density at radius 1 is 1.32 bits per heavy atom. The smallest absolute Gasteiger partial charge is 0.287 e. The van der Waals surface area contributed by atoms with Crippen molar-refractivity contribution in [3.05, 3.63) is 55.9 Å². The standard InChI is InChI=1S/C16H18Cl2N2O2/c1-10(2)13-5-4-12(8-11(13)3)22-7-6-20-16(21)15(18)14(17)9-19-20/h4-5,8-10H,6-7H2,1-3H3. The third-order valence-electron chi connectivity index (χ3n) is 3.38. The van der Waals surface area contributed by atoms with Gasteiger partial charge in [0.25, 0.3) is 5.56 Å². The van der Waals surface area contributed by atoms with Crippen LogP contribution in [0.5, 0.6) is 5.75 Å². The van der Waals surface area contributed by atoms with Crippen molar-refractivity contribution in [2.75, 3.05) is 6.61 Å². The van der Waals surface area contributed by atoms with Gasteiger partial charge in [0.05, 0.1) is 17.8 Å². The van der Waals surface area contributed by atoms with Crippen LogP contribution in [0.4, 0.5) is 0 Å². The van der Waals surface area contributed by atoms with Gasteiger partial charge in [-0.15, -0.1) is 0 Å². The largest absolute Gasteiger partial charge is 0.492 e. The van der Waals surface area contributed by atoms with Gasteiger partial charge in [-0.05, 0) is 36.1 Å². The lowest BCUT2D eigenvalue weighted by atomic mass is 9.98. The number of rotatable bonds is 5. The predicted molar refractivity (Wildman–Crippen MR) is 89.3 cm³/mol. The van der Waals surface area contributed by atoms with Crippen molar-refractivity contribution in [3.8, 4) is 5.75 Å². The topological polar surface area (TPSA) is 44.1 Å². The molecule has 2 aromatic rings. The first-order valence-corrected chi connectivity index (χ1v) is 7.80. The van der Waals surface area contributed by atoms with Gasteiger partial charge in [0.1, 0.15) is 17.4 Å². The van der Waals surface area contributed by atoms with Crippen molar-refractivity contribution in [3.63, 3.8) is 0 Å². The molecule has 4 nitrogen and oxygen atoms in total. The SMILES string of the molecule is Cc1cc(OCCn2ncc(Cl)c(Cl)c2=O)ccc1C(C)C. The highest BCUT2D eigenvalue weighted by molar-refractivity contribution is 6.41. The molecule has 1 heterocycles. The molecule has 0 aliphatic carbocycles. The zero-order valence-corrected chi connectivity index (χ0v) is 14.3. The number of hydrogen-bond acceptors (Lipinski definition) is 3. The summed E-state index contributed by atoms with van der Waals surface area (Å²) < 4.78 is 6.91. The van der Waals surface area contributed by atoms with Crippen LogP contribution >= 0.6 is 23.2 Å². The van der Waals surface area contributed by atoms with Crippen LogP contribution in [0.1, 0.15) is 30.9 Å². The summed E-state index contributed by atoms with van der Waals surface area (Å²) >= 11 is 11.5. The molecule has 0 fully saturated rings. The maximum absolute atomic E-state index is 11.8. The molecule has 22 heavy (non-hydrogen) atoms. The van der Waals surface area contributed by atoms with Crippen LogP contribution in [0.3, 0.4) is 0 Å². The summed E-state index contributed by atoms with van der Waals surface area (Å²) in [6.07, 6.45) is 1.35. The van der Waals surface area contributed by atoms with Gasteiger partial charge >= 0.3 is 0 Å². The molecule has 0 N–H and O–H groups in total. The number of nitrogens with zero attached hydrogens (tertiary/aromatic N) is 2. The van der Waals surface area contributed by atoms with Crippen LogP contribution in [-0.2, 0) is 6.54 Å². The minimum atomic E-state index is -0.413. The van der Waals surface area contributed by atoms with E-state index in [-0.39, 0.29) is 10.0 Å². The van der Waals surface area contributed by atoms with E-state index in [4.69, 9.17) is 27.9 Å². The van der Waals surface area contributed by atoms with Gasteiger partial charge in [-0.3, -0.25) is 4.79 Å². The number of halogens is 2. The molecule has 2 rings (SSSR count). The molecule has 118 valence electrons. The Balaban J connectivity index is 2.01. The van der Waals surface area contributed by atoms with Gasteiger partial charge in [-0.25, -0.2) is 4.68 Å². The first-order chi connectivity index (χ1) is 10.4. The zero-order valence-electron chi connectivity index (χ0n) is 12.8. The first kappa shape index (κ1) is 16.8. The van der Waals surface area contributed by atoms with Gasteiger partial charge in [0, 0.05) is 0 Å². The number of aryl methyl sites for hydroxylation is 1. The minimum Gasteiger partial charge on any atom is -0.492 e. The molecule has 1 aromatic carbocycles. The molecule has 1 aromatic heterocycles. The maximum atomic E-state index is 11.8. The molecule has 0 saturated carbocycles. The second kappa shape index (κ2) is 7.16. The summed E-state index contributed by atoms with van der Waals surface area (Å²) in [7, 11) is 0. The number of benzene rings is 1. The highest BCUT2D eigenvalue weighted by atomic mass is 35.5. The molecule has 0 saturated heterocycles. The Morgan fingerprint density at radius 3 is 2.68 bits per heavy atom. The average molecular weight is 341 g/mol. The van der Waals surface area contributed by atoms with E-state index < -0.39 is 5.56 Å². The van der Waals surface area contributed by atoms with E-state index in [1.165, 1.54) is 22.0 Å². The van der Waals surface area contributed by atoms with Crippen LogP contribution < -0.4 is 10.3 Å². The monoisotopic (exact) mass is 340 g/mol. The van der Waals surface area contributed by atoms with E-state index in [9.17, 15) is 4.79 Å². The van der Waals surface area contributed by atoms with Crippen molar-refractivity contribution in [2.45, 2.75) is 33.2 Å². The summed E-state index contributed by atoms with van der Waals surface area (Å²) in [5.74, 6) is 1.25. The van der Waals surface area contributed by atoms with E-state index in [2.05, 4.69) is 31.9 Å². The number of hydrogen-bond donors (Lipinski definition) is 0. The Hall–Kier alpha value is -1.52. The highest BCUT2D eigenvalue weighted by Gasteiger charge is 2.08. The van der Waals surface area contributed by atoms with Crippen molar-refractivity contribution >= 4 is 23.2 Å². The summed E-state index contributed by atoms with van der Waals surface area (Å²) in [5.41, 5.74) is 2.08. The Kier molecular flexibility index (Phi) is 5.48. The second-order valence-corrected chi connectivity index (χ2v) is 6.14. The summed E-state index contributed by atoms with van der Waals surface area (Å²) in [4.78, 5) is 11.8. The fraction of sp³-hybridized carbons (Fsp3) is 0.375. The Morgan fingerprint density at radius 2 is 2.05 bits per heavy atom. The van der Waals surface area contributed by atoms with E-state index in [0.717, 1.165) is 5.75 Å². The third kappa shape index (κ3) is 3.81. The van der Waals surface area contributed by atoms with Crippen LogP contribution in [0.2, 0.25) is 10.0 Å². The number of aromatic nitrogens is 2. The maximum Gasteiger partial charge on any atom is 0.287 e. The molecule has 6 heteroatoms. The summed E-state index contributed by atoms with van der Waals surface area (Å²) in [6.45, 7) is 7.01. The van der Waals surface area contributed by atoms with Gasteiger partial charge in [-0.2, -0.15) is 5.10 Å². The Bertz CT molecular complexity index is 727. The Labute approximate surface area is 139 Å². The molecule has 0 spiro atoms. The van der Waals surface area contributed by atoms with Crippen LogP contribution in [0, 0.1) is 6.92 Å². The van der Waals surface area contributed by atoms with E-state index in [0.29, 0.717) is 19.1 Å². The third-order valence-corrected chi connectivity index (χ3v) is 4.13. The van der Waals surface area contributed by atoms with Crippen LogP contribution in [-0.4, -0.2) is 16.4 Å². The van der Waals surface area contributed by atoms with Gasteiger partial charge in [-0.1, -0.05) is 43.1 Å². The van der Waals surface area contributed by atoms with Crippen LogP contribution in [0.25, 0.3) is 0 Å². The summed E-state index contributed by atoms with van der Waals surface area (Å²) in [6, 6.07) is 6.01. The molecule has 0 radical (unpaired) electrons. The molecule has 0 atom stereocenters. The van der Waals surface area contributed by atoms with Crippen LogP contribution in [0.15, 0.2) is 29.2 Å². The fourth-order valence-corrected chi connectivity index (χ4v) is 2.51. The molecular formula is C16H18Cl2N2O2. The predicted octanol–water partition coefficient (Wildman–Crippen LogP) is 4.06. The van der Waals surface area contributed by atoms with Gasteiger partial charge in [0.2, 0.25) is 0 Å². The number of ether oxygens (including phenoxy) is 1. The molecule has 0 amide bonds. The average Bonchev–Trinajstić information content (AvgIpc) is 2.47. The van der Waals surface area contributed by atoms with Crippen molar-refractivity contribution < 1.29 is 4.74 Å². The molecule has 0 aliphatic rings. The van der Waals surface area contributed by atoms with E-state index >= 15 is 0 Å². The fourth-order valence-electron chi connectivity index (χ4n) is 2.24. The first-order valence-electron chi connectivity index (χ1n) is 7.04. The lowest BCUT2D eigenvalue weighted by molar-refractivity contribution is 0.287. The van der Waals surface area contributed by atoms with E-state index in [1.807, 2.05) is 12.1 Å². The molecule has 0 bridgehead atoms. The lowest BCUT2D eigenvalue weighted by Crippen LogP contribution is -2.25. The second-order valence-electron chi connectivity index (χ2n) is 5.36. The zero-order chi connectivity index (χ0) is 16.3. The molecule has 0 aliphatic heterocycles. The quantitative estimate of drug-likeness (QED) is 0.824. The van der Waals surface area contributed by atoms with Gasteiger partial charge < -0.3 is 4.74 Å². The normalized spacial score (nSPS) is 11.0. The summed E-state index contributed by atoms with van der Waals surface area (Å²) in [5, 5.41) is 4.07. The van der Waals surface area contributed by atoms with Gasteiger partial charge in [0.15, 0.2) is 0 Å². The van der Waals surface area contributed by atoms with Crippen molar-refractivity contribution in [2.24, 2.45) is 0 Å². The molecule has 0 unspecified atom stereocenters. The highest BCUT2D eigenvalue weighted by Crippen LogP contribution is 2.23. The van der Waals surface area contributed by atoms with Crippen molar-refractivity contribution in [1.82, 2.24) is 9.78 Å². The van der Waals surface area contributed by atoms with Crippen molar-refractivity contribution in [1.29, 1.82) is 0 Å². The van der Waals surface area contributed by atoms with E-state index in [1.54, 1.807) is 0 Å². The minimum absolute atomic E-state index is 0.0196. The lowest BCUT2D eigenvalue weighted by Gasteiger charge is -2.12. The molecular weight excluding hydrogens is 323 g/mol.